The molecular formula is C13H16FNO. The monoisotopic (exact) mass is 221 g/mol. The second kappa shape index (κ2) is 5.62. The summed E-state index contributed by atoms with van der Waals surface area (Å²) in [7, 11) is 0. The SMILES string of the molecule is CCCC(C#N)C(O)c1ccc(F)c(C)c1. The van der Waals surface area contributed by atoms with E-state index in [2.05, 4.69) is 6.07 Å². The predicted octanol–water partition coefficient (Wildman–Crippen LogP) is 3.11. The summed E-state index contributed by atoms with van der Waals surface area (Å²) in [4.78, 5) is 0. The maximum absolute atomic E-state index is 13.0. The quantitative estimate of drug-likeness (QED) is 0.849. The number of hydrogen-bond donors (Lipinski definition) is 1. The molecule has 1 rings (SSSR count). The minimum absolute atomic E-state index is 0.292. The van der Waals surface area contributed by atoms with Crippen LogP contribution in [0.4, 0.5) is 4.39 Å². The molecule has 1 aromatic rings. The van der Waals surface area contributed by atoms with Crippen molar-refractivity contribution in [3.8, 4) is 6.07 Å². The third-order valence-corrected chi connectivity index (χ3v) is 2.67. The second-order valence-corrected chi connectivity index (χ2v) is 3.98. The third kappa shape index (κ3) is 2.80. The average Bonchev–Trinajstić information content (AvgIpc) is 2.28. The van der Waals surface area contributed by atoms with Crippen molar-refractivity contribution >= 4 is 0 Å². The zero-order chi connectivity index (χ0) is 12.1. The lowest BCUT2D eigenvalue weighted by molar-refractivity contribution is 0.129. The number of aryl methyl sites for hydroxylation is 1. The number of nitriles is 1. The molecule has 1 aromatic carbocycles. The number of halogens is 1. The van der Waals surface area contributed by atoms with Gasteiger partial charge in [-0.15, -0.1) is 0 Å². The molecule has 0 radical (unpaired) electrons. The maximum atomic E-state index is 13.0. The molecule has 2 unspecified atom stereocenters. The van der Waals surface area contributed by atoms with Crippen LogP contribution >= 0.6 is 0 Å². The standard InChI is InChI=1S/C13H16FNO/c1-3-4-11(8-15)13(16)10-5-6-12(14)9(2)7-10/h5-7,11,13,16H,3-4H2,1-2H3. The summed E-state index contributed by atoms with van der Waals surface area (Å²) in [6.07, 6.45) is 0.660. The molecular weight excluding hydrogens is 205 g/mol. The Morgan fingerprint density at radius 1 is 1.50 bits per heavy atom. The molecule has 0 aliphatic carbocycles. The van der Waals surface area contributed by atoms with Crippen LogP contribution in [0.5, 0.6) is 0 Å². The van der Waals surface area contributed by atoms with E-state index in [1.807, 2.05) is 6.92 Å². The van der Waals surface area contributed by atoms with Crippen LogP contribution in [0.25, 0.3) is 0 Å². The van der Waals surface area contributed by atoms with E-state index in [1.54, 1.807) is 13.0 Å². The molecule has 1 N–H and O–H groups in total. The molecule has 0 amide bonds. The normalized spacial score (nSPS) is 14.2. The van der Waals surface area contributed by atoms with Gasteiger partial charge in [-0.1, -0.05) is 25.5 Å². The summed E-state index contributed by atoms with van der Waals surface area (Å²) in [6, 6.07) is 6.55. The Balaban J connectivity index is 2.91. The molecule has 0 bridgehead atoms. The fourth-order valence-electron chi connectivity index (χ4n) is 1.69. The van der Waals surface area contributed by atoms with Crippen LogP contribution in [0.15, 0.2) is 18.2 Å². The van der Waals surface area contributed by atoms with Gasteiger partial charge in [-0.3, -0.25) is 0 Å². The van der Waals surface area contributed by atoms with Crippen LogP contribution in [0.1, 0.15) is 37.0 Å². The Labute approximate surface area is 95.3 Å². The van der Waals surface area contributed by atoms with Crippen LogP contribution in [0.2, 0.25) is 0 Å². The van der Waals surface area contributed by atoms with E-state index < -0.39 is 12.0 Å². The molecule has 0 spiro atoms. The van der Waals surface area contributed by atoms with Crippen molar-refractivity contribution in [3.63, 3.8) is 0 Å². The molecule has 2 nitrogen and oxygen atoms in total. The highest BCUT2D eigenvalue weighted by molar-refractivity contribution is 5.26. The molecule has 0 aliphatic heterocycles. The van der Waals surface area contributed by atoms with Gasteiger partial charge in [0.25, 0.3) is 0 Å². The largest absolute Gasteiger partial charge is 0.387 e. The first-order valence-electron chi connectivity index (χ1n) is 5.43. The molecule has 0 aliphatic rings. The highest BCUT2D eigenvalue weighted by Crippen LogP contribution is 2.26. The minimum Gasteiger partial charge on any atom is -0.387 e. The summed E-state index contributed by atoms with van der Waals surface area (Å²) < 4.78 is 13.0. The van der Waals surface area contributed by atoms with Crippen molar-refractivity contribution in [3.05, 3.63) is 35.1 Å². The molecule has 3 heteroatoms. The summed E-state index contributed by atoms with van der Waals surface area (Å²) in [5.74, 6) is -0.713. The summed E-state index contributed by atoms with van der Waals surface area (Å²) >= 11 is 0. The second-order valence-electron chi connectivity index (χ2n) is 3.98. The summed E-state index contributed by atoms with van der Waals surface area (Å²) in [6.45, 7) is 3.61. The van der Waals surface area contributed by atoms with Gasteiger partial charge in [0.15, 0.2) is 0 Å². The van der Waals surface area contributed by atoms with Crippen LogP contribution in [-0.2, 0) is 0 Å². The van der Waals surface area contributed by atoms with E-state index in [0.29, 0.717) is 17.5 Å². The van der Waals surface area contributed by atoms with Gasteiger partial charge < -0.3 is 5.11 Å². The molecule has 86 valence electrons. The van der Waals surface area contributed by atoms with Gasteiger partial charge in [0.2, 0.25) is 0 Å². The average molecular weight is 221 g/mol. The van der Waals surface area contributed by atoms with Crippen LogP contribution in [0, 0.1) is 30.0 Å². The lowest BCUT2D eigenvalue weighted by atomic mass is 9.92. The van der Waals surface area contributed by atoms with Crippen LogP contribution < -0.4 is 0 Å². The number of aliphatic hydroxyl groups excluding tert-OH is 1. The third-order valence-electron chi connectivity index (χ3n) is 2.67. The van der Waals surface area contributed by atoms with Crippen molar-refractivity contribution in [2.24, 2.45) is 5.92 Å². The Kier molecular flexibility index (Phi) is 4.45. The van der Waals surface area contributed by atoms with Crippen molar-refractivity contribution in [2.45, 2.75) is 32.8 Å². The van der Waals surface area contributed by atoms with E-state index >= 15 is 0 Å². The Morgan fingerprint density at radius 2 is 2.19 bits per heavy atom. The zero-order valence-corrected chi connectivity index (χ0v) is 9.57. The molecule has 2 atom stereocenters. The van der Waals surface area contributed by atoms with Crippen molar-refractivity contribution in [2.75, 3.05) is 0 Å². The topological polar surface area (TPSA) is 44.0 Å². The Morgan fingerprint density at radius 3 is 2.69 bits per heavy atom. The van der Waals surface area contributed by atoms with Gasteiger partial charge >= 0.3 is 0 Å². The molecule has 0 saturated carbocycles. The number of nitrogens with zero attached hydrogens (tertiary/aromatic N) is 1. The van der Waals surface area contributed by atoms with Gasteiger partial charge in [0.05, 0.1) is 18.1 Å². The molecule has 0 aromatic heterocycles. The van der Waals surface area contributed by atoms with Crippen LogP contribution in [0.3, 0.4) is 0 Å². The van der Waals surface area contributed by atoms with Crippen LogP contribution in [-0.4, -0.2) is 5.11 Å². The molecule has 0 heterocycles. The van der Waals surface area contributed by atoms with Crippen molar-refractivity contribution in [1.29, 1.82) is 5.26 Å². The molecule has 0 fully saturated rings. The minimum atomic E-state index is -0.829. The maximum Gasteiger partial charge on any atom is 0.126 e. The number of benzene rings is 1. The number of aliphatic hydroxyl groups is 1. The summed E-state index contributed by atoms with van der Waals surface area (Å²) in [5.41, 5.74) is 1.10. The number of rotatable bonds is 4. The van der Waals surface area contributed by atoms with Gasteiger partial charge in [-0.2, -0.15) is 5.26 Å². The van der Waals surface area contributed by atoms with Crippen molar-refractivity contribution < 1.29 is 9.50 Å². The number of hydrogen-bond acceptors (Lipinski definition) is 2. The van der Waals surface area contributed by atoms with E-state index in [4.69, 9.17) is 5.26 Å². The summed E-state index contributed by atoms with van der Waals surface area (Å²) in [5, 5.41) is 18.9. The van der Waals surface area contributed by atoms with E-state index in [1.165, 1.54) is 12.1 Å². The van der Waals surface area contributed by atoms with E-state index in [0.717, 1.165) is 6.42 Å². The zero-order valence-electron chi connectivity index (χ0n) is 9.57. The first-order chi connectivity index (χ1) is 7.60. The highest BCUT2D eigenvalue weighted by atomic mass is 19.1. The van der Waals surface area contributed by atoms with E-state index in [9.17, 15) is 9.50 Å². The molecule has 16 heavy (non-hydrogen) atoms. The molecule has 0 saturated heterocycles. The highest BCUT2D eigenvalue weighted by Gasteiger charge is 2.20. The smallest absolute Gasteiger partial charge is 0.126 e. The fourth-order valence-corrected chi connectivity index (χ4v) is 1.69. The van der Waals surface area contributed by atoms with Gasteiger partial charge in [-0.25, -0.2) is 4.39 Å². The van der Waals surface area contributed by atoms with E-state index in [-0.39, 0.29) is 5.82 Å². The van der Waals surface area contributed by atoms with Gasteiger partial charge in [0, 0.05) is 0 Å². The van der Waals surface area contributed by atoms with Gasteiger partial charge in [0.1, 0.15) is 5.82 Å². The predicted molar refractivity (Wildman–Crippen MR) is 60.1 cm³/mol. The Hall–Kier alpha value is -1.40. The Bertz CT molecular complexity index is 397. The fraction of sp³-hybridized carbons (Fsp3) is 0.462. The first kappa shape index (κ1) is 12.7. The van der Waals surface area contributed by atoms with Gasteiger partial charge in [-0.05, 0) is 30.5 Å². The lowest BCUT2D eigenvalue weighted by Gasteiger charge is -2.16. The first-order valence-corrected chi connectivity index (χ1v) is 5.43. The lowest BCUT2D eigenvalue weighted by Crippen LogP contribution is -2.11. The van der Waals surface area contributed by atoms with Crippen molar-refractivity contribution in [1.82, 2.24) is 0 Å².